The Morgan fingerprint density at radius 1 is 1.47 bits per heavy atom. The minimum Gasteiger partial charge on any atom is -0.496 e. The summed E-state index contributed by atoms with van der Waals surface area (Å²) in [6.07, 6.45) is 0. The number of aromatic nitrogens is 1. The average Bonchev–Trinajstić information content (AvgIpc) is 2.88. The fourth-order valence-corrected chi connectivity index (χ4v) is 2.71. The Labute approximate surface area is 123 Å². The molecule has 1 heterocycles. The van der Waals surface area contributed by atoms with Gasteiger partial charge >= 0.3 is 5.97 Å². The molecule has 2 rings (SSSR count). The van der Waals surface area contributed by atoms with Crippen molar-refractivity contribution in [1.29, 1.82) is 0 Å². The van der Waals surface area contributed by atoms with E-state index in [-0.39, 0.29) is 0 Å². The molecule has 1 aromatic heterocycles. The quantitative estimate of drug-likeness (QED) is 0.794. The molecule has 0 atom stereocenters. The molecule has 0 aliphatic heterocycles. The van der Waals surface area contributed by atoms with Gasteiger partial charge in [-0.25, -0.2) is 9.78 Å². The smallest absolute Gasteiger partial charge is 0.357 e. The molecule has 0 saturated carbocycles. The van der Waals surface area contributed by atoms with Crippen LogP contribution in [-0.4, -0.2) is 24.7 Å². The normalized spacial score (nSPS) is 10.3. The van der Waals surface area contributed by atoms with Gasteiger partial charge in [-0.05, 0) is 25.1 Å². The Bertz CT molecular complexity index is 597. The van der Waals surface area contributed by atoms with Gasteiger partial charge in [-0.15, -0.1) is 11.3 Å². The van der Waals surface area contributed by atoms with Gasteiger partial charge < -0.3 is 9.47 Å². The van der Waals surface area contributed by atoms with E-state index in [0.29, 0.717) is 18.1 Å². The molecule has 6 heteroatoms. The molecule has 2 aromatic rings. The van der Waals surface area contributed by atoms with E-state index in [9.17, 15) is 4.79 Å². The van der Waals surface area contributed by atoms with Crippen molar-refractivity contribution >= 4 is 33.2 Å². The Morgan fingerprint density at radius 2 is 2.26 bits per heavy atom. The molecule has 0 saturated heterocycles. The van der Waals surface area contributed by atoms with Crippen molar-refractivity contribution in [3.63, 3.8) is 0 Å². The van der Waals surface area contributed by atoms with Crippen LogP contribution in [-0.2, 0) is 4.74 Å². The highest BCUT2D eigenvalue weighted by Crippen LogP contribution is 2.34. The molecule has 0 spiro atoms. The van der Waals surface area contributed by atoms with Crippen LogP contribution in [0.5, 0.6) is 5.75 Å². The summed E-state index contributed by atoms with van der Waals surface area (Å²) in [6.45, 7) is 2.11. The van der Waals surface area contributed by atoms with E-state index in [4.69, 9.17) is 9.47 Å². The SMILES string of the molecule is CCOC(=O)c1csc(-c2cc(Br)ccc2OC)n1. The van der Waals surface area contributed by atoms with Gasteiger partial charge in [-0.3, -0.25) is 0 Å². The van der Waals surface area contributed by atoms with Crippen LogP contribution in [0.15, 0.2) is 28.1 Å². The molecular weight excluding hydrogens is 330 g/mol. The second-order valence-electron chi connectivity index (χ2n) is 3.60. The number of ether oxygens (including phenoxy) is 2. The van der Waals surface area contributed by atoms with E-state index in [1.807, 2.05) is 18.2 Å². The number of hydrogen-bond acceptors (Lipinski definition) is 5. The summed E-state index contributed by atoms with van der Waals surface area (Å²) in [5.74, 6) is 0.312. The van der Waals surface area contributed by atoms with Crippen LogP contribution in [0.4, 0.5) is 0 Å². The molecule has 0 N–H and O–H groups in total. The highest BCUT2D eigenvalue weighted by Gasteiger charge is 2.15. The van der Waals surface area contributed by atoms with Crippen molar-refractivity contribution < 1.29 is 14.3 Å². The summed E-state index contributed by atoms with van der Waals surface area (Å²) >= 11 is 4.80. The number of hydrogen-bond donors (Lipinski definition) is 0. The van der Waals surface area contributed by atoms with Crippen LogP contribution in [0.2, 0.25) is 0 Å². The standard InChI is InChI=1S/C13H12BrNO3S/c1-3-18-13(16)10-7-19-12(15-10)9-6-8(14)4-5-11(9)17-2/h4-7H,3H2,1-2H3. The molecule has 0 aliphatic rings. The predicted octanol–water partition coefficient (Wildman–Crippen LogP) is 3.76. The first kappa shape index (κ1) is 14.0. The van der Waals surface area contributed by atoms with Gasteiger partial charge in [0.15, 0.2) is 5.69 Å². The fourth-order valence-electron chi connectivity index (χ4n) is 1.54. The molecule has 0 radical (unpaired) electrons. The molecule has 0 fully saturated rings. The monoisotopic (exact) mass is 341 g/mol. The minimum absolute atomic E-state index is 0.323. The lowest BCUT2D eigenvalue weighted by molar-refractivity contribution is 0.0520. The van der Waals surface area contributed by atoms with Crippen LogP contribution in [0.3, 0.4) is 0 Å². The van der Waals surface area contributed by atoms with Crippen molar-refractivity contribution in [2.24, 2.45) is 0 Å². The van der Waals surface area contributed by atoms with Crippen LogP contribution >= 0.6 is 27.3 Å². The highest BCUT2D eigenvalue weighted by molar-refractivity contribution is 9.10. The first-order valence-electron chi connectivity index (χ1n) is 5.62. The van der Waals surface area contributed by atoms with Crippen molar-refractivity contribution in [2.45, 2.75) is 6.92 Å². The van der Waals surface area contributed by atoms with Crippen molar-refractivity contribution in [3.8, 4) is 16.3 Å². The zero-order chi connectivity index (χ0) is 13.8. The van der Waals surface area contributed by atoms with E-state index in [1.165, 1.54) is 11.3 Å². The van der Waals surface area contributed by atoms with E-state index in [2.05, 4.69) is 20.9 Å². The molecular formula is C13H12BrNO3S. The van der Waals surface area contributed by atoms with Crippen molar-refractivity contribution in [3.05, 3.63) is 33.7 Å². The van der Waals surface area contributed by atoms with Crippen molar-refractivity contribution in [2.75, 3.05) is 13.7 Å². The molecule has 0 aliphatic carbocycles. The number of carbonyl (C=O) groups excluding carboxylic acids is 1. The molecule has 1 aromatic carbocycles. The maximum atomic E-state index is 11.6. The summed E-state index contributed by atoms with van der Waals surface area (Å²) in [4.78, 5) is 15.9. The maximum absolute atomic E-state index is 11.6. The van der Waals surface area contributed by atoms with Gasteiger partial charge in [0.1, 0.15) is 10.8 Å². The van der Waals surface area contributed by atoms with E-state index in [1.54, 1.807) is 19.4 Å². The fraction of sp³-hybridized carbons (Fsp3) is 0.231. The summed E-state index contributed by atoms with van der Waals surface area (Å²) in [5.41, 5.74) is 1.17. The Kier molecular flexibility index (Phi) is 4.55. The number of methoxy groups -OCH3 is 1. The Morgan fingerprint density at radius 3 is 2.95 bits per heavy atom. The number of nitrogens with zero attached hydrogens (tertiary/aromatic N) is 1. The van der Waals surface area contributed by atoms with Crippen LogP contribution < -0.4 is 4.74 Å². The topological polar surface area (TPSA) is 48.4 Å². The van der Waals surface area contributed by atoms with E-state index < -0.39 is 5.97 Å². The zero-order valence-corrected chi connectivity index (χ0v) is 12.9. The number of rotatable bonds is 4. The van der Waals surface area contributed by atoms with Crippen molar-refractivity contribution in [1.82, 2.24) is 4.98 Å². The van der Waals surface area contributed by atoms with E-state index >= 15 is 0 Å². The molecule has 100 valence electrons. The molecule has 19 heavy (non-hydrogen) atoms. The largest absolute Gasteiger partial charge is 0.496 e. The van der Waals surface area contributed by atoms with Crippen LogP contribution in [0, 0.1) is 0 Å². The zero-order valence-electron chi connectivity index (χ0n) is 10.5. The number of carbonyl (C=O) groups is 1. The van der Waals surface area contributed by atoms with Crippen LogP contribution in [0.1, 0.15) is 17.4 Å². The third-order valence-corrected chi connectivity index (χ3v) is 3.75. The average molecular weight is 342 g/mol. The highest BCUT2D eigenvalue weighted by atomic mass is 79.9. The minimum atomic E-state index is -0.404. The van der Waals surface area contributed by atoms with Gasteiger partial charge in [0.05, 0.1) is 19.3 Å². The number of halogens is 1. The molecule has 0 amide bonds. The second-order valence-corrected chi connectivity index (χ2v) is 5.38. The summed E-state index contributed by atoms with van der Waals surface area (Å²) in [7, 11) is 1.60. The van der Waals surface area contributed by atoms with E-state index in [0.717, 1.165) is 15.0 Å². The van der Waals surface area contributed by atoms with Gasteiger partial charge in [0, 0.05) is 9.85 Å². The maximum Gasteiger partial charge on any atom is 0.357 e. The summed E-state index contributed by atoms with van der Waals surface area (Å²) in [6, 6.07) is 5.65. The predicted molar refractivity (Wildman–Crippen MR) is 77.8 cm³/mol. The lowest BCUT2D eigenvalue weighted by Gasteiger charge is -2.06. The third-order valence-electron chi connectivity index (χ3n) is 2.38. The first-order chi connectivity index (χ1) is 9.15. The lowest BCUT2D eigenvalue weighted by Crippen LogP contribution is -2.04. The van der Waals surface area contributed by atoms with Crippen LogP contribution in [0.25, 0.3) is 10.6 Å². The second kappa shape index (κ2) is 6.16. The van der Waals surface area contributed by atoms with Gasteiger partial charge in [0.25, 0.3) is 0 Å². The number of esters is 1. The lowest BCUT2D eigenvalue weighted by atomic mass is 10.2. The molecule has 0 bridgehead atoms. The molecule has 0 unspecified atom stereocenters. The van der Waals surface area contributed by atoms with Gasteiger partial charge in [-0.2, -0.15) is 0 Å². The first-order valence-corrected chi connectivity index (χ1v) is 7.29. The third kappa shape index (κ3) is 3.13. The van der Waals surface area contributed by atoms with Gasteiger partial charge in [0.2, 0.25) is 0 Å². The number of benzene rings is 1. The van der Waals surface area contributed by atoms with Gasteiger partial charge in [-0.1, -0.05) is 15.9 Å². The Balaban J connectivity index is 2.37. The summed E-state index contributed by atoms with van der Waals surface area (Å²) in [5, 5.41) is 2.41. The Hall–Kier alpha value is -1.40. The molecule has 4 nitrogen and oxygen atoms in total. The summed E-state index contributed by atoms with van der Waals surface area (Å²) < 4.78 is 11.2. The number of thiazole rings is 1.